The van der Waals surface area contributed by atoms with Gasteiger partial charge in [0.2, 0.25) is 0 Å². The van der Waals surface area contributed by atoms with Crippen LogP contribution in [0.4, 0.5) is 5.69 Å². The topological polar surface area (TPSA) is 54.7 Å². The standard InChI is InChI=1S/C25H24N2O3S2/c1-31-18-10-8-17(9-11-18)23(27-12-14-29-15-13-27)24-22(19-5-2-3-6-20(19)30-24)26-25(28)21-7-4-16-32-21/h2-11,16,23H,12-15H2,1H3,(H,26,28)/t23-/m0/s1. The molecule has 5 nitrogen and oxygen atoms in total. The Morgan fingerprint density at radius 3 is 2.56 bits per heavy atom. The molecular weight excluding hydrogens is 440 g/mol. The number of amides is 1. The van der Waals surface area contributed by atoms with Gasteiger partial charge in [0.05, 0.1) is 29.8 Å². The molecular formula is C25H24N2O3S2. The number of thioether (sulfide) groups is 1. The van der Waals surface area contributed by atoms with Crippen LogP contribution in [0.15, 0.2) is 75.4 Å². The number of morpholine rings is 1. The quantitative estimate of drug-likeness (QED) is 0.361. The second-order valence-corrected chi connectivity index (χ2v) is 9.42. The van der Waals surface area contributed by atoms with Gasteiger partial charge in [-0.3, -0.25) is 9.69 Å². The number of carbonyl (C=O) groups is 1. The molecule has 0 radical (unpaired) electrons. The van der Waals surface area contributed by atoms with Crippen molar-refractivity contribution >= 4 is 45.7 Å². The third kappa shape index (κ3) is 4.21. The molecule has 1 N–H and O–H groups in total. The average molecular weight is 465 g/mol. The normalized spacial score (nSPS) is 15.7. The number of anilines is 1. The second-order valence-electron chi connectivity index (χ2n) is 7.59. The largest absolute Gasteiger partial charge is 0.457 e. The van der Waals surface area contributed by atoms with Gasteiger partial charge < -0.3 is 14.5 Å². The molecule has 4 aromatic rings. The summed E-state index contributed by atoms with van der Waals surface area (Å²) in [5.74, 6) is 0.640. The van der Waals surface area contributed by atoms with Crippen molar-refractivity contribution in [2.24, 2.45) is 0 Å². The molecule has 32 heavy (non-hydrogen) atoms. The van der Waals surface area contributed by atoms with Crippen molar-refractivity contribution in [1.82, 2.24) is 4.90 Å². The van der Waals surface area contributed by atoms with Gasteiger partial charge in [-0.1, -0.05) is 30.3 Å². The highest BCUT2D eigenvalue weighted by Gasteiger charge is 2.31. The van der Waals surface area contributed by atoms with E-state index in [9.17, 15) is 4.79 Å². The maximum absolute atomic E-state index is 13.0. The molecule has 7 heteroatoms. The molecule has 2 aromatic heterocycles. The fourth-order valence-corrected chi connectivity index (χ4v) is 5.15. The number of nitrogens with one attached hydrogen (secondary N) is 1. The van der Waals surface area contributed by atoms with E-state index in [1.165, 1.54) is 16.2 Å². The predicted octanol–water partition coefficient (Wildman–Crippen LogP) is 5.89. The zero-order valence-electron chi connectivity index (χ0n) is 17.7. The Labute approximate surface area is 195 Å². The molecule has 0 saturated carbocycles. The Bertz CT molecular complexity index is 1200. The molecule has 0 bridgehead atoms. The van der Waals surface area contributed by atoms with Crippen molar-refractivity contribution in [3.8, 4) is 0 Å². The highest BCUT2D eigenvalue weighted by atomic mass is 32.2. The Morgan fingerprint density at radius 1 is 1.06 bits per heavy atom. The molecule has 1 atom stereocenters. The van der Waals surface area contributed by atoms with Crippen LogP contribution in [0.3, 0.4) is 0 Å². The van der Waals surface area contributed by atoms with Crippen LogP contribution in [0, 0.1) is 0 Å². The molecule has 1 fully saturated rings. The van der Waals surface area contributed by atoms with Gasteiger partial charge in [0.1, 0.15) is 11.3 Å². The van der Waals surface area contributed by atoms with E-state index >= 15 is 0 Å². The van der Waals surface area contributed by atoms with Gasteiger partial charge in [-0.15, -0.1) is 23.1 Å². The van der Waals surface area contributed by atoms with Gasteiger partial charge in [0.15, 0.2) is 0 Å². The number of benzene rings is 2. The summed E-state index contributed by atoms with van der Waals surface area (Å²) in [4.78, 5) is 17.3. The molecule has 3 heterocycles. The molecule has 1 aliphatic rings. The van der Waals surface area contributed by atoms with Crippen LogP contribution < -0.4 is 5.32 Å². The second kappa shape index (κ2) is 9.50. The monoisotopic (exact) mass is 464 g/mol. The summed E-state index contributed by atoms with van der Waals surface area (Å²) in [5.41, 5.74) is 2.64. The number of carbonyl (C=O) groups excluding carboxylic acids is 1. The van der Waals surface area contributed by atoms with Crippen molar-refractivity contribution in [2.75, 3.05) is 37.9 Å². The summed E-state index contributed by atoms with van der Waals surface area (Å²) < 4.78 is 12.1. The van der Waals surface area contributed by atoms with E-state index in [-0.39, 0.29) is 11.9 Å². The number of ether oxygens (including phenoxy) is 1. The van der Waals surface area contributed by atoms with Gasteiger partial charge in [-0.05, 0) is 47.5 Å². The summed E-state index contributed by atoms with van der Waals surface area (Å²) in [6.45, 7) is 2.95. The summed E-state index contributed by atoms with van der Waals surface area (Å²) in [6.07, 6.45) is 2.08. The Kier molecular flexibility index (Phi) is 6.32. The lowest BCUT2D eigenvalue weighted by Crippen LogP contribution is -2.39. The van der Waals surface area contributed by atoms with E-state index in [0.717, 1.165) is 41.1 Å². The number of thiophene rings is 1. The SMILES string of the molecule is CSc1ccc([C@@H](c2oc3ccccc3c2NC(=O)c2cccs2)N2CCOCC2)cc1. The lowest BCUT2D eigenvalue weighted by molar-refractivity contribution is 0.0206. The smallest absolute Gasteiger partial charge is 0.265 e. The van der Waals surface area contributed by atoms with Crippen LogP contribution >= 0.6 is 23.1 Å². The Hall–Kier alpha value is -2.58. The first-order valence-electron chi connectivity index (χ1n) is 10.6. The minimum Gasteiger partial charge on any atom is -0.457 e. The lowest BCUT2D eigenvalue weighted by Gasteiger charge is -2.34. The van der Waals surface area contributed by atoms with Crippen molar-refractivity contribution < 1.29 is 13.9 Å². The van der Waals surface area contributed by atoms with Crippen LogP contribution in [0.25, 0.3) is 11.0 Å². The van der Waals surface area contributed by atoms with Crippen molar-refractivity contribution in [1.29, 1.82) is 0 Å². The van der Waals surface area contributed by atoms with Crippen LogP contribution in [0.1, 0.15) is 27.0 Å². The average Bonchev–Trinajstić information content (AvgIpc) is 3.50. The van der Waals surface area contributed by atoms with E-state index in [0.29, 0.717) is 18.1 Å². The summed E-state index contributed by atoms with van der Waals surface area (Å²) in [6, 6.07) is 20.1. The zero-order chi connectivity index (χ0) is 21.9. The van der Waals surface area contributed by atoms with E-state index in [2.05, 4.69) is 40.7 Å². The minimum absolute atomic E-state index is 0.119. The van der Waals surface area contributed by atoms with Crippen LogP contribution in [0.5, 0.6) is 0 Å². The van der Waals surface area contributed by atoms with E-state index < -0.39 is 0 Å². The molecule has 1 aliphatic heterocycles. The molecule has 1 saturated heterocycles. The molecule has 164 valence electrons. The van der Waals surface area contributed by atoms with Crippen LogP contribution in [-0.2, 0) is 4.74 Å². The van der Waals surface area contributed by atoms with E-state index in [1.807, 2.05) is 41.8 Å². The first-order valence-corrected chi connectivity index (χ1v) is 12.7. The van der Waals surface area contributed by atoms with E-state index in [1.54, 1.807) is 11.8 Å². The minimum atomic E-state index is -0.124. The third-order valence-electron chi connectivity index (χ3n) is 5.70. The number of furan rings is 1. The predicted molar refractivity (Wildman–Crippen MR) is 131 cm³/mol. The number of hydrogen-bond acceptors (Lipinski definition) is 6. The maximum atomic E-state index is 13.0. The first-order chi connectivity index (χ1) is 15.7. The molecule has 2 aromatic carbocycles. The Morgan fingerprint density at radius 2 is 1.84 bits per heavy atom. The van der Waals surface area contributed by atoms with Crippen LogP contribution in [0.2, 0.25) is 0 Å². The fourth-order valence-electron chi connectivity index (χ4n) is 4.12. The molecule has 0 unspecified atom stereocenters. The highest BCUT2D eigenvalue weighted by molar-refractivity contribution is 7.98. The molecule has 0 spiro atoms. The number of nitrogens with zero attached hydrogens (tertiary/aromatic N) is 1. The number of hydrogen-bond donors (Lipinski definition) is 1. The summed E-state index contributed by atoms with van der Waals surface area (Å²) in [5, 5.41) is 5.98. The van der Waals surface area contributed by atoms with Crippen molar-refractivity contribution in [2.45, 2.75) is 10.9 Å². The van der Waals surface area contributed by atoms with Crippen LogP contribution in [-0.4, -0.2) is 43.4 Å². The lowest BCUT2D eigenvalue weighted by atomic mass is 10.0. The number of para-hydroxylation sites is 1. The van der Waals surface area contributed by atoms with Gasteiger partial charge >= 0.3 is 0 Å². The zero-order valence-corrected chi connectivity index (χ0v) is 19.4. The highest BCUT2D eigenvalue weighted by Crippen LogP contribution is 2.41. The molecule has 5 rings (SSSR count). The van der Waals surface area contributed by atoms with Gasteiger partial charge in [-0.25, -0.2) is 0 Å². The summed E-state index contributed by atoms with van der Waals surface area (Å²) in [7, 11) is 0. The molecule has 0 aliphatic carbocycles. The van der Waals surface area contributed by atoms with E-state index in [4.69, 9.17) is 9.15 Å². The first kappa shape index (κ1) is 21.3. The van der Waals surface area contributed by atoms with Gasteiger partial charge in [-0.2, -0.15) is 0 Å². The van der Waals surface area contributed by atoms with Crippen molar-refractivity contribution in [3.63, 3.8) is 0 Å². The third-order valence-corrected chi connectivity index (χ3v) is 7.31. The van der Waals surface area contributed by atoms with Gasteiger partial charge in [0.25, 0.3) is 5.91 Å². The number of rotatable bonds is 6. The summed E-state index contributed by atoms with van der Waals surface area (Å²) >= 11 is 3.15. The maximum Gasteiger partial charge on any atom is 0.265 e. The Balaban J connectivity index is 1.63. The van der Waals surface area contributed by atoms with Gasteiger partial charge in [0, 0.05) is 23.4 Å². The van der Waals surface area contributed by atoms with Crippen molar-refractivity contribution in [3.05, 3.63) is 82.2 Å². The fraction of sp³-hybridized carbons (Fsp3) is 0.240. The number of fused-ring (bicyclic) bond motifs is 1. The molecule has 1 amide bonds.